The Bertz CT molecular complexity index is 871. The third-order valence-corrected chi connectivity index (χ3v) is 5.20. The van der Waals surface area contributed by atoms with Crippen molar-refractivity contribution >= 4 is 23.6 Å². The Labute approximate surface area is 142 Å². The number of aromatic amines is 1. The van der Waals surface area contributed by atoms with E-state index in [2.05, 4.69) is 49.8 Å². The van der Waals surface area contributed by atoms with Crippen molar-refractivity contribution in [3.63, 3.8) is 0 Å². The van der Waals surface area contributed by atoms with E-state index in [9.17, 15) is 0 Å². The smallest absolute Gasteiger partial charge is 0.399 e. The van der Waals surface area contributed by atoms with Crippen LogP contribution in [0.15, 0.2) is 48.8 Å². The lowest BCUT2D eigenvalue weighted by molar-refractivity contribution is 0.00578. The summed E-state index contributed by atoms with van der Waals surface area (Å²) in [6.07, 6.45) is 3.80. The largest absolute Gasteiger partial charge is 0.495 e. The van der Waals surface area contributed by atoms with Gasteiger partial charge >= 0.3 is 7.12 Å². The highest BCUT2D eigenvalue weighted by Crippen LogP contribution is 2.37. The first-order valence-electron chi connectivity index (χ1n) is 8.26. The number of aromatic nitrogens is 2. The highest BCUT2D eigenvalue weighted by Gasteiger charge is 2.52. The Hall–Kier alpha value is -2.11. The first-order valence-corrected chi connectivity index (χ1v) is 8.26. The number of hydrogen-bond donors (Lipinski definition) is 1. The summed E-state index contributed by atoms with van der Waals surface area (Å²) in [5, 5.41) is 1.06. The van der Waals surface area contributed by atoms with Crippen LogP contribution in [0.2, 0.25) is 0 Å². The molecule has 1 N–H and O–H groups in total. The predicted molar refractivity (Wildman–Crippen MR) is 97.2 cm³/mol. The molecule has 1 aliphatic heterocycles. The molecule has 0 saturated carbocycles. The minimum absolute atomic E-state index is 0.365. The molecular formula is C19H21BN2O2. The molecule has 0 spiro atoms. The van der Waals surface area contributed by atoms with Crippen molar-refractivity contribution in [3.8, 4) is 11.1 Å². The molecule has 2 aromatic heterocycles. The molecule has 4 rings (SSSR count). The molecule has 5 heteroatoms. The summed E-state index contributed by atoms with van der Waals surface area (Å²) in [5.41, 5.74) is 3.39. The summed E-state index contributed by atoms with van der Waals surface area (Å²) >= 11 is 0. The van der Waals surface area contributed by atoms with Crippen LogP contribution in [0.4, 0.5) is 0 Å². The molecule has 3 aromatic rings. The molecule has 0 unspecified atom stereocenters. The molecule has 1 saturated heterocycles. The van der Waals surface area contributed by atoms with Gasteiger partial charge in [0.1, 0.15) is 5.65 Å². The molecular weight excluding hydrogens is 299 g/mol. The Morgan fingerprint density at radius 2 is 1.62 bits per heavy atom. The van der Waals surface area contributed by atoms with Gasteiger partial charge in [-0.05, 0) is 44.8 Å². The fraction of sp³-hybridized carbons (Fsp3) is 0.316. The zero-order chi connectivity index (χ0) is 16.9. The lowest BCUT2D eigenvalue weighted by Crippen LogP contribution is -2.41. The van der Waals surface area contributed by atoms with Crippen LogP contribution in [0.25, 0.3) is 22.2 Å². The van der Waals surface area contributed by atoms with Crippen LogP contribution in [-0.4, -0.2) is 28.3 Å². The van der Waals surface area contributed by atoms with Gasteiger partial charge in [-0.25, -0.2) is 4.98 Å². The molecule has 3 heterocycles. The van der Waals surface area contributed by atoms with Crippen LogP contribution < -0.4 is 5.46 Å². The predicted octanol–water partition coefficient (Wildman–Crippen LogP) is 3.53. The van der Waals surface area contributed by atoms with Gasteiger partial charge in [-0.3, -0.25) is 0 Å². The number of hydrogen-bond acceptors (Lipinski definition) is 3. The molecule has 122 valence electrons. The van der Waals surface area contributed by atoms with Gasteiger partial charge < -0.3 is 14.3 Å². The van der Waals surface area contributed by atoms with Gasteiger partial charge in [0.15, 0.2) is 0 Å². The van der Waals surface area contributed by atoms with E-state index in [0.717, 1.165) is 27.6 Å². The molecule has 4 nitrogen and oxygen atoms in total. The van der Waals surface area contributed by atoms with E-state index in [1.165, 1.54) is 0 Å². The number of H-pyrrole nitrogens is 1. The second-order valence-electron chi connectivity index (χ2n) is 7.28. The summed E-state index contributed by atoms with van der Waals surface area (Å²) in [7, 11) is -0.404. The molecule has 0 radical (unpaired) electrons. The lowest BCUT2D eigenvalue weighted by atomic mass is 9.76. The second kappa shape index (κ2) is 5.20. The Balaban J connectivity index is 1.87. The lowest BCUT2D eigenvalue weighted by Gasteiger charge is -2.32. The van der Waals surface area contributed by atoms with Crippen molar-refractivity contribution in [2.75, 3.05) is 0 Å². The van der Waals surface area contributed by atoms with Gasteiger partial charge in [0.25, 0.3) is 0 Å². The van der Waals surface area contributed by atoms with Gasteiger partial charge in [-0.1, -0.05) is 30.3 Å². The Morgan fingerprint density at radius 3 is 2.29 bits per heavy atom. The molecule has 0 bridgehead atoms. The first kappa shape index (κ1) is 15.4. The average Bonchev–Trinajstić information content (AvgIpc) is 3.06. The molecule has 0 amide bonds. The van der Waals surface area contributed by atoms with E-state index >= 15 is 0 Å². The van der Waals surface area contributed by atoms with Gasteiger partial charge in [0, 0.05) is 23.3 Å². The van der Waals surface area contributed by atoms with E-state index in [1.54, 1.807) is 6.20 Å². The van der Waals surface area contributed by atoms with Crippen LogP contribution in [0.1, 0.15) is 27.7 Å². The van der Waals surface area contributed by atoms with Crippen molar-refractivity contribution in [3.05, 3.63) is 48.8 Å². The van der Waals surface area contributed by atoms with Crippen molar-refractivity contribution in [2.24, 2.45) is 0 Å². The maximum absolute atomic E-state index is 6.25. The number of rotatable bonds is 2. The van der Waals surface area contributed by atoms with Crippen molar-refractivity contribution in [1.82, 2.24) is 9.97 Å². The van der Waals surface area contributed by atoms with Crippen LogP contribution in [0.5, 0.6) is 0 Å². The van der Waals surface area contributed by atoms with E-state index in [-0.39, 0.29) is 11.2 Å². The van der Waals surface area contributed by atoms with Gasteiger partial charge in [-0.2, -0.15) is 0 Å². The van der Waals surface area contributed by atoms with Gasteiger partial charge in [-0.15, -0.1) is 0 Å². The van der Waals surface area contributed by atoms with Gasteiger partial charge in [0.2, 0.25) is 0 Å². The topological polar surface area (TPSA) is 47.1 Å². The van der Waals surface area contributed by atoms with E-state index in [1.807, 2.05) is 30.5 Å². The van der Waals surface area contributed by atoms with Gasteiger partial charge in [0.05, 0.1) is 11.2 Å². The van der Waals surface area contributed by atoms with Crippen molar-refractivity contribution < 1.29 is 9.31 Å². The van der Waals surface area contributed by atoms with Crippen LogP contribution in [0.3, 0.4) is 0 Å². The number of benzene rings is 1. The first-order chi connectivity index (χ1) is 11.4. The number of nitrogens with zero attached hydrogens (tertiary/aromatic N) is 1. The monoisotopic (exact) mass is 320 g/mol. The van der Waals surface area contributed by atoms with Crippen LogP contribution in [0, 0.1) is 0 Å². The summed E-state index contributed by atoms with van der Waals surface area (Å²) < 4.78 is 12.5. The minimum Gasteiger partial charge on any atom is -0.399 e. The van der Waals surface area contributed by atoms with Crippen LogP contribution >= 0.6 is 0 Å². The molecule has 0 aliphatic carbocycles. The third kappa shape index (κ3) is 2.27. The SMILES string of the molecule is CC1(C)OB(c2ccnc3[nH]cc(-c4ccccc4)c23)OC1(C)C. The fourth-order valence-corrected chi connectivity index (χ4v) is 3.09. The zero-order valence-corrected chi connectivity index (χ0v) is 14.5. The third-order valence-electron chi connectivity index (χ3n) is 5.20. The average molecular weight is 320 g/mol. The maximum atomic E-state index is 6.25. The Morgan fingerprint density at radius 1 is 0.958 bits per heavy atom. The molecule has 0 atom stereocenters. The van der Waals surface area contributed by atoms with E-state index in [4.69, 9.17) is 9.31 Å². The van der Waals surface area contributed by atoms with E-state index in [0.29, 0.717) is 0 Å². The quantitative estimate of drug-likeness (QED) is 0.735. The standard InChI is InChI=1S/C19H21BN2O2/c1-18(2)19(3,4)24-20(23-18)15-10-11-21-17-16(15)14(12-22-17)13-8-6-5-7-9-13/h5-12H,1-4H3,(H,21,22). The zero-order valence-electron chi connectivity index (χ0n) is 14.5. The number of fused-ring (bicyclic) bond motifs is 1. The molecule has 1 aromatic carbocycles. The molecule has 1 fully saturated rings. The van der Waals surface area contributed by atoms with Crippen molar-refractivity contribution in [2.45, 2.75) is 38.9 Å². The number of nitrogens with one attached hydrogen (secondary N) is 1. The summed E-state index contributed by atoms with van der Waals surface area (Å²) in [6.45, 7) is 8.28. The minimum atomic E-state index is -0.404. The fourth-order valence-electron chi connectivity index (χ4n) is 3.09. The Kier molecular flexibility index (Phi) is 3.34. The highest BCUT2D eigenvalue weighted by molar-refractivity contribution is 6.65. The molecule has 1 aliphatic rings. The van der Waals surface area contributed by atoms with Crippen molar-refractivity contribution in [1.29, 1.82) is 0 Å². The summed E-state index contributed by atoms with van der Waals surface area (Å²) in [6, 6.07) is 12.3. The van der Waals surface area contributed by atoms with Crippen LogP contribution in [-0.2, 0) is 9.31 Å². The highest BCUT2D eigenvalue weighted by atomic mass is 16.7. The number of pyridine rings is 1. The maximum Gasteiger partial charge on any atom is 0.495 e. The normalized spacial score (nSPS) is 19.1. The molecule has 24 heavy (non-hydrogen) atoms. The summed E-state index contributed by atoms with van der Waals surface area (Å²) in [4.78, 5) is 7.74. The van der Waals surface area contributed by atoms with E-state index < -0.39 is 7.12 Å². The summed E-state index contributed by atoms with van der Waals surface area (Å²) in [5.74, 6) is 0. The second-order valence-corrected chi connectivity index (χ2v) is 7.28.